The quantitative estimate of drug-likeness (QED) is 0.797. The van der Waals surface area contributed by atoms with Gasteiger partial charge in [-0.3, -0.25) is 9.59 Å². The van der Waals surface area contributed by atoms with E-state index < -0.39 is 0 Å². The summed E-state index contributed by atoms with van der Waals surface area (Å²) in [5.41, 5.74) is 1.72. The molecular weight excluding hydrogens is 359 g/mol. The van der Waals surface area contributed by atoms with E-state index in [-0.39, 0.29) is 36.1 Å². The first-order valence-corrected chi connectivity index (χ1v) is 9.51. The van der Waals surface area contributed by atoms with E-state index in [9.17, 15) is 14.0 Å². The highest BCUT2D eigenvalue weighted by atomic mass is 19.1. The van der Waals surface area contributed by atoms with E-state index in [4.69, 9.17) is 4.74 Å². The van der Waals surface area contributed by atoms with Crippen molar-refractivity contribution in [2.45, 2.75) is 32.8 Å². The summed E-state index contributed by atoms with van der Waals surface area (Å²) in [6, 6.07) is 13.6. The second kappa shape index (κ2) is 8.87. The highest BCUT2D eigenvalue weighted by Gasteiger charge is 2.34. The molecule has 2 aromatic rings. The summed E-state index contributed by atoms with van der Waals surface area (Å²) in [4.78, 5) is 26.4. The van der Waals surface area contributed by atoms with Gasteiger partial charge >= 0.3 is 0 Å². The Bertz CT molecular complexity index is 819. The maximum atomic E-state index is 12.9. The Morgan fingerprint density at radius 2 is 1.86 bits per heavy atom. The summed E-state index contributed by atoms with van der Waals surface area (Å²) in [6.07, 6.45) is 0.905. The maximum absolute atomic E-state index is 12.9. The zero-order chi connectivity index (χ0) is 20.1. The van der Waals surface area contributed by atoms with E-state index in [0.29, 0.717) is 19.5 Å². The SMILES string of the molecule is CC(C)Oc1ccc(N2CC(C(=O)NCCc3ccc(F)cc3)CC2=O)cc1. The molecular formula is C22H25FN2O3. The van der Waals surface area contributed by atoms with Crippen LogP contribution >= 0.6 is 0 Å². The molecule has 28 heavy (non-hydrogen) atoms. The number of anilines is 1. The molecule has 1 unspecified atom stereocenters. The molecule has 2 amide bonds. The van der Waals surface area contributed by atoms with Crippen molar-refractivity contribution in [1.29, 1.82) is 0 Å². The first kappa shape index (κ1) is 19.9. The van der Waals surface area contributed by atoms with Gasteiger partial charge < -0.3 is 15.0 Å². The minimum absolute atomic E-state index is 0.0591. The number of rotatable bonds is 7. The van der Waals surface area contributed by atoms with Crippen molar-refractivity contribution in [2.24, 2.45) is 5.92 Å². The summed E-state index contributed by atoms with van der Waals surface area (Å²) in [6.45, 7) is 4.73. The molecule has 1 aliphatic rings. The highest BCUT2D eigenvalue weighted by molar-refractivity contribution is 6.00. The molecule has 1 saturated heterocycles. The van der Waals surface area contributed by atoms with Gasteiger partial charge in [0.15, 0.2) is 0 Å². The molecule has 0 radical (unpaired) electrons. The number of ether oxygens (including phenoxy) is 1. The Morgan fingerprint density at radius 1 is 1.18 bits per heavy atom. The van der Waals surface area contributed by atoms with Crippen LogP contribution in [0.5, 0.6) is 5.75 Å². The van der Waals surface area contributed by atoms with E-state index in [1.54, 1.807) is 17.0 Å². The summed E-state index contributed by atoms with van der Waals surface area (Å²) < 4.78 is 18.5. The summed E-state index contributed by atoms with van der Waals surface area (Å²) in [5.74, 6) is -0.0807. The van der Waals surface area contributed by atoms with Crippen LogP contribution in [0.4, 0.5) is 10.1 Å². The smallest absolute Gasteiger partial charge is 0.227 e. The third-order valence-corrected chi connectivity index (χ3v) is 4.64. The molecule has 2 aromatic carbocycles. The number of benzene rings is 2. The standard InChI is InChI=1S/C22H25FN2O3/c1-15(2)28-20-9-7-19(8-10-20)25-14-17(13-21(25)26)22(27)24-12-11-16-3-5-18(23)6-4-16/h3-10,15,17H,11-14H2,1-2H3,(H,24,27). The van der Waals surface area contributed by atoms with Crippen molar-refractivity contribution in [3.05, 3.63) is 59.9 Å². The van der Waals surface area contributed by atoms with Crippen LogP contribution in [0.15, 0.2) is 48.5 Å². The van der Waals surface area contributed by atoms with Crippen molar-refractivity contribution in [3.63, 3.8) is 0 Å². The van der Waals surface area contributed by atoms with Crippen LogP contribution in [-0.2, 0) is 16.0 Å². The van der Waals surface area contributed by atoms with Crippen molar-refractivity contribution >= 4 is 17.5 Å². The second-order valence-corrected chi connectivity index (χ2v) is 7.23. The molecule has 0 saturated carbocycles. The van der Waals surface area contributed by atoms with Crippen LogP contribution in [0.2, 0.25) is 0 Å². The minimum atomic E-state index is -0.368. The van der Waals surface area contributed by atoms with Crippen LogP contribution in [-0.4, -0.2) is 31.0 Å². The predicted octanol–water partition coefficient (Wildman–Crippen LogP) is 3.32. The fourth-order valence-electron chi connectivity index (χ4n) is 3.24. The molecule has 1 atom stereocenters. The average molecular weight is 384 g/mol. The molecule has 1 heterocycles. The molecule has 0 spiro atoms. The van der Waals surface area contributed by atoms with Gasteiger partial charge in [-0.1, -0.05) is 12.1 Å². The van der Waals surface area contributed by atoms with Crippen LogP contribution in [0.25, 0.3) is 0 Å². The van der Waals surface area contributed by atoms with Crippen molar-refractivity contribution < 1.29 is 18.7 Å². The Hall–Kier alpha value is -2.89. The lowest BCUT2D eigenvalue weighted by Gasteiger charge is -2.18. The van der Waals surface area contributed by atoms with Gasteiger partial charge in [0.25, 0.3) is 0 Å². The van der Waals surface area contributed by atoms with Gasteiger partial charge in [0.05, 0.1) is 12.0 Å². The normalized spacial score (nSPS) is 16.5. The van der Waals surface area contributed by atoms with Gasteiger partial charge in [0.1, 0.15) is 11.6 Å². The third-order valence-electron chi connectivity index (χ3n) is 4.64. The molecule has 3 rings (SSSR count). The van der Waals surface area contributed by atoms with Crippen molar-refractivity contribution in [1.82, 2.24) is 5.32 Å². The molecule has 1 fully saturated rings. The minimum Gasteiger partial charge on any atom is -0.491 e. The Kier molecular flexibility index (Phi) is 6.29. The Morgan fingerprint density at radius 3 is 2.50 bits per heavy atom. The van der Waals surface area contributed by atoms with Crippen LogP contribution < -0.4 is 15.0 Å². The van der Waals surface area contributed by atoms with E-state index in [1.165, 1.54) is 12.1 Å². The van der Waals surface area contributed by atoms with Crippen LogP contribution in [0.3, 0.4) is 0 Å². The predicted molar refractivity (Wildman–Crippen MR) is 106 cm³/mol. The number of nitrogens with zero attached hydrogens (tertiary/aromatic N) is 1. The highest BCUT2D eigenvalue weighted by Crippen LogP contribution is 2.27. The monoisotopic (exact) mass is 384 g/mol. The topological polar surface area (TPSA) is 58.6 Å². The molecule has 0 bridgehead atoms. The number of carbonyl (C=O) groups excluding carboxylic acids is 2. The van der Waals surface area contributed by atoms with Gasteiger partial charge in [0, 0.05) is 25.2 Å². The first-order valence-electron chi connectivity index (χ1n) is 9.51. The lowest BCUT2D eigenvalue weighted by Crippen LogP contribution is -2.34. The number of nitrogens with one attached hydrogen (secondary N) is 1. The Balaban J connectivity index is 1.51. The van der Waals surface area contributed by atoms with Crippen LogP contribution in [0, 0.1) is 11.7 Å². The number of carbonyl (C=O) groups is 2. The number of hydrogen-bond acceptors (Lipinski definition) is 3. The average Bonchev–Trinajstić information content (AvgIpc) is 3.05. The maximum Gasteiger partial charge on any atom is 0.227 e. The molecule has 0 aromatic heterocycles. The van der Waals surface area contributed by atoms with E-state index in [2.05, 4.69) is 5.32 Å². The third kappa shape index (κ3) is 5.09. The van der Waals surface area contributed by atoms with Gasteiger partial charge in [0.2, 0.25) is 11.8 Å². The fraction of sp³-hybridized carbons (Fsp3) is 0.364. The largest absolute Gasteiger partial charge is 0.491 e. The molecule has 1 aliphatic heterocycles. The van der Waals surface area contributed by atoms with Crippen molar-refractivity contribution in [3.8, 4) is 5.75 Å². The summed E-state index contributed by atoms with van der Waals surface area (Å²) in [7, 11) is 0. The van der Waals surface area contributed by atoms with Gasteiger partial charge in [-0.25, -0.2) is 4.39 Å². The number of halogens is 1. The van der Waals surface area contributed by atoms with E-state index >= 15 is 0 Å². The lowest BCUT2D eigenvalue weighted by atomic mass is 10.1. The van der Waals surface area contributed by atoms with E-state index in [0.717, 1.165) is 17.0 Å². The number of amides is 2. The van der Waals surface area contributed by atoms with Gasteiger partial charge in [-0.05, 0) is 62.2 Å². The first-order chi connectivity index (χ1) is 13.4. The molecule has 1 N–H and O–H groups in total. The zero-order valence-electron chi connectivity index (χ0n) is 16.2. The van der Waals surface area contributed by atoms with Crippen LogP contribution in [0.1, 0.15) is 25.8 Å². The molecule has 148 valence electrons. The molecule has 0 aliphatic carbocycles. The number of hydrogen-bond donors (Lipinski definition) is 1. The zero-order valence-corrected chi connectivity index (χ0v) is 16.2. The van der Waals surface area contributed by atoms with Gasteiger partial charge in [-0.15, -0.1) is 0 Å². The molecule has 5 nitrogen and oxygen atoms in total. The van der Waals surface area contributed by atoms with E-state index in [1.807, 2.05) is 38.1 Å². The summed E-state index contributed by atoms with van der Waals surface area (Å²) in [5, 5.41) is 2.88. The molecule has 6 heteroatoms. The fourth-order valence-corrected chi connectivity index (χ4v) is 3.24. The Labute approximate surface area is 164 Å². The van der Waals surface area contributed by atoms with Gasteiger partial charge in [-0.2, -0.15) is 0 Å². The summed E-state index contributed by atoms with van der Waals surface area (Å²) >= 11 is 0. The lowest BCUT2D eigenvalue weighted by molar-refractivity contribution is -0.126. The van der Waals surface area contributed by atoms with Crippen molar-refractivity contribution in [2.75, 3.05) is 18.0 Å². The second-order valence-electron chi connectivity index (χ2n) is 7.23.